The van der Waals surface area contributed by atoms with Crippen molar-refractivity contribution >= 4 is 18.2 Å². The first-order chi connectivity index (χ1) is 8.15. The highest BCUT2D eigenvalue weighted by Crippen LogP contribution is 2.20. The van der Waals surface area contributed by atoms with Gasteiger partial charge >= 0.3 is 11.9 Å². The van der Waals surface area contributed by atoms with E-state index >= 15 is 0 Å². The molecule has 0 spiro atoms. The highest BCUT2D eigenvalue weighted by atomic mass is 17.2. The lowest BCUT2D eigenvalue weighted by Gasteiger charge is -2.11. The molecule has 0 aromatic heterocycles. The van der Waals surface area contributed by atoms with Crippen molar-refractivity contribution in [3.63, 3.8) is 0 Å². The molecule has 0 saturated heterocycles. The second kappa shape index (κ2) is 6.42. The first-order valence-corrected chi connectivity index (χ1v) is 5.02. The van der Waals surface area contributed by atoms with Gasteiger partial charge in [0.05, 0.1) is 5.92 Å². The van der Waals surface area contributed by atoms with E-state index in [0.717, 1.165) is 6.92 Å². The molecular formula is C12H12O5. The van der Waals surface area contributed by atoms with Gasteiger partial charge in [0.25, 0.3) is 0 Å². The van der Waals surface area contributed by atoms with Crippen LogP contribution < -0.4 is 0 Å². The zero-order valence-corrected chi connectivity index (χ0v) is 9.29. The van der Waals surface area contributed by atoms with Gasteiger partial charge in [0.2, 0.25) is 0 Å². The smallest absolute Gasteiger partial charge is 0.303 e. The fourth-order valence-corrected chi connectivity index (χ4v) is 1.31. The standard InChI is InChI=1S/C12H12O5/c1-9(14)16-17-12(15)11(7-8-13)10-5-3-2-4-6-10/h2-6,8,11H,7H2,1H3. The highest BCUT2D eigenvalue weighted by Gasteiger charge is 2.23. The van der Waals surface area contributed by atoms with Crippen molar-refractivity contribution in [2.24, 2.45) is 0 Å². The molecule has 5 heteroatoms. The van der Waals surface area contributed by atoms with Gasteiger partial charge in [-0.1, -0.05) is 30.3 Å². The minimum Gasteiger partial charge on any atom is -0.303 e. The molecule has 0 aliphatic rings. The van der Waals surface area contributed by atoms with Crippen molar-refractivity contribution in [2.45, 2.75) is 19.3 Å². The van der Waals surface area contributed by atoms with Gasteiger partial charge in [-0.3, -0.25) is 0 Å². The maximum Gasteiger partial charge on any atom is 0.363 e. The topological polar surface area (TPSA) is 69.7 Å². The Labute approximate surface area is 98.3 Å². The third kappa shape index (κ3) is 4.06. The predicted octanol–water partition coefficient (Wildman–Crippen LogP) is 1.38. The van der Waals surface area contributed by atoms with Crippen molar-refractivity contribution in [3.8, 4) is 0 Å². The second-order valence-electron chi connectivity index (χ2n) is 3.34. The zero-order chi connectivity index (χ0) is 12.7. The summed E-state index contributed by atoms with van der Waals surface area (Å²) < 4.78 is 0. The molecule has 0 bridgehead atoms. The Hall–Kier alpha value is -2.17. The van der Waals surface area contributed by atoms with E-state index in [-0.39, 0.29) is 6.42 Å². The van der Waals surface area contributed by atoms with Gasteiger partial charge in [-0.25, -0.2) is 19.4 Å². The summed E-state index contributed by atoms with van der Waals surface area (Å²) >= 11 is 0. The molecule has 1 rings (SSSR count). The van der Waals surface area contributed by atoms with Crippen LogP contribution in [0.4, 0.5) is 0 Å². The van der Waals surface area contributed by atoms with E-state index < -0.39 is 17.9 Å². The van der Waals surface area contributed by atoms with Gasteiger partial charge in [-0.15, -0.1) is 0 Å². The summed E-state index contributed by atoms with van der Waals surface area (Å²) in [6, 6.07) is 8.67. The Morgan fingerprint density at radius 1 is 1.24 bits per heavy atom. The summed E-state index contributed by atoms with van der Waals surface area (Å²) in [5, 5.41) is 0. The number of aldehydes is 1. The number of benzene rings is 1. The molecular weight excluding hydrogens is 224 g/mol. The van der Waals surface area contributed by atoms with Crippen LogP contribution in [0.25, 0.3) is 0 Å². The summed E-state index contributed by atoms with van der Waals surface area (Å²) in [4.78, 5) is 41.1. The maximum absolute atomic E-state index is 11.6. The quantitative estimate of drug-likeness (QED) is 0.448. The van der Waals surface area contributed by atoms with Gasteiger partial charge in [0.1, 0.15) is 6.29 Å². The molecule has 17 heavy (non-hydrogen) atoms. The average molecular weight is 236 g/mol. The summed E-state index contributed by atoms with van der Waals surface area (Å²) in [5.74, 6) is -2.25. The summed E-state index contributed by atoms with van der Waals surface area (Å²) in [7, 11) is 0. The Morgan fingerprint density at radius 2 is 1.88 bits per heavy atom. The van der Waals surface area contributed by atoms with Crippen molar-refractivity contribution in [3.05, 3.63) is 35.9 Å². The molecule has 0 radical (unpaired) electrons. The molecule has 1 aromatic carbocycles. The van der Waals surface area contributed by atoms with E-state index in [1.807, 2.05) is 0 Å². The molecule has 1 unspecified atom stereocenters. The largest absolute Gasteiger partial charge is 0.363 e. The Kier molecular flexibility index (Phi) is 4.87. The molecule has 90 valence electrons. The van der Waals surface area contributed by atoms with Crippen molar-refractivity contribution in [1.82, 2.24) is 0 Å². The fraction of sp³-hybridized carbons (Fsp3) is 0.250. The molecule has 0 heterocycles. The average Bonchev–Trinajstić information content (AvgIpc) is 2.34. The lowest BCUT2D eigenvalue weighted by Crippen LogP contribution is -2.18. The predicted molar refractivity (Wildman–Crippen MR) is 57.7 cm³/mol. The second-order valence-corrected chi connectivity index (χ2v) is 3.34. The van der Waals surface area contributed by atoms with Gasteiger partial charge in [-0.05, 0) is 5.56 Å². The van der Waals surface area contributed by atoms with Crippen LogP contribution in [0.2, 0.25) is 0 Å². The van der Waals surface area contributed by atoms with Crippen molar-refractivity contribution in [1.29, 1.82) is 0 Å². The van der Waals surface area contributed by atoms with Crippen LogP contribution in [0.1, 0.15) is 24.8 Å². The first kappa shape index (κ1) is 12.9. The molecule has 0 aliphatic heterocycles. The normalized spacial score (nSPS) is 11.4. The molecule has 0 N–H and O–H groups in total. The van der Waals surface area contributed by atoms with Crippen LogP contribution in [0.5, 0.6) is 0 Å². The Morgan fingerprint density at radius 3 is 2.41 bits per heavy atom. The van der Waals surface area contributed by atoms with Crippen LogP contribution in [-0.4, -0.2) is 18.2 Å². The lowest BCUT2D eigenvalue weighted by molar-refractivity contribution is -0.258. The number of carbonyl (C=O) groups is 3. The minimum absolute atomic E-state index is 0.0237. The van der Waals surface area contributed by atoms with E-state index in [2.05, 4.69) is 9.78 Å². The number of rotatable bonds is 4. The van der Waals surface area contributed by atoms with Gasteiger partial charge in [0, 0.05) is 13.3 Å². The van der Waals surface area contributed by atoms with E-state index in [1.54, 1.807) is 30.3 Å². The third-order valence-corrected chi connectivity index (χ3v) is 2.06. The number of hydrogen-bond acceptors (Lipinski definition) is 5. The molecule has 0 fully saturated rings. The van der Waals surface area contributed by atoms with Crippen LogP contribution in [0.15, 0.2) is 30.3 Å². The molecule has 1 aromatic rings. The summed E-state index contributed by atoms with van der Waals surface area (Å²) in [5.41, 5.74) is 0.636. The van der Waals surface area contributed by atoms with E-state index in [0.29, 0.717) is 11.8 Å². The van der Waals surface area contributed by atoms with E-state index in [1.165, 1.54) is 0 Å². The van der Waals surface area contributed by atoms with E-state index in [9.17, 15) is 14.4 Å². The molecule has 0 aliphatic carbocycles. The molecule has 0 saturated carbocycles. The maximum atomic E-state index is 11.6. The minimum atomic E-state index is -0.765. The Bertz CT molecular complexity index is 399. The molecule has 1 atom stereocenters. The zero-order valence-electron chi connectivity index (χ0n) is 9.29. The monoisotopic (exact) mass is 236 g/mol. The summed E-state index contributed by atoms with van der Waals surface area (Å²) in [6.45, 7) is 1.12. The SMILES string of the molecule is CC(=O)OOC(=O)C(CC=O)c1ccccc1. The van der Waals surface area contributed by atoms with E-state index in [4.69, 9.17) is 0 Å². The number of carbonyl (C=O) groups excluding carboxylic acids is 3. The van der Waals surface area contributed by atoms with Crippen molar-refractivity contribution < 1.29 is 24.2 Å². The molecule has 0 amide bonds. The van der Waals surface area contributed by atoms with Gasteiger partial charge < -0.3 is 4.79 Å². The van der Waals surface area contributed by atoms with Gasteiger partial charge in [-0.2, -0.15) is 0 Å². The first-order valence-electron chi connectivity index (χ1n) is 5.02. The fourth-order valence-electron chi connectivity index (χ4n) is 1.31. The van der Waals surface area contributed by atoms with Crippen LogP contribution in [-0.2, 0) is 24.2 Å². The summed E-state index contributed by atoms with van der Waals surface area (Å²) in [6.07, 6.45) is 0.594. The van der Waals surface area contributed by atoms with Gasteiger partial charge in [0.15, 0.2) is 0 Å². The molecule has 5 nitrogen and oxygen atoms in total. The Balaban J connectivity index is 2.75. The van der Waals surface area contributed by atoms with Crippen LogP contribution >= 0.6 is 0 Å². The highest BCUT2D eigenvalue weighted by molar-refractivity contribution is 5.81. The lowest BCUT2D eigenvalue weighted by atomic mass is 9.97. The number of hydrogen-bond donors (Lipinski definition) is 0. The third-order valence-electron chi connectivity index (χ3n) is 2.06. The van der Waals surface area contributed by atoms with Crippen LogP contribution in [0.3, 0.4) is 0 Å². The van der Waals surface area contributed by atoms with Crippen LogP contribution in [0, 0.1) is 0 Å². The van der Waals surface area contributed by atoms with Crippen molar-refractivity contribution in [2.75, 3.05) is 0 Å².